The highest BCUT2D eigenvalue weighted by Crippen LogP contribution is 2.38. The van der Waals surface area contributed by atoms with Gasteiger partial charge in [-0.2, -0.15) is 0 Å². The molecule has 0 amide bonds. The van der Waals surface area contributed by atoms with E-state index in [1.807, 2.05) is 0 Å². The van der Waals surface area contributed by atoms with Crippen molar-refractivity contribution in [2.24, 2.45) is 5.41 Å². The van der Waals surface area contributed by atoms with Gasteiger partial charge in [-0.1, -0.05) is 13.3 Å². The molecule has 2 aromatic rings. The Morgan fingerprint density at radius 3 is 2.89 bits per heavy atom. The topological polar surface area (TPSA) is 95.5 Å². The first-order valence-corrected chi connectivity index (χ1v) is 11.0. The van der Waals surface area contributed by atoms with Crippen LogP contribution in [0.25, 0.3) is 10.2 Å². The normalized spacial score (nSPS) is 26.4. The summed E-state index contributed by atoms with van der Waals surface area (Å²) >= 11 is 1.77. The Balaban J connectivity index is 1.58. The zero-order valence-electron chi connectivity index (χ0n) is 16.1. The number of hydrogen-bond donors (Lipinski definition) is 3. The van der Waals surface area contributed by atoms with Crippen molar-refractivity contribution >= 4 is 27.4 Å². The molecule has 0 unspecified atom stereocenters. The van der Waals surface area contributed by atoms with Crippen LogP contribution in [0.4, 0.5) is 5.82 Å². The molecule has 7 heteroatoms. The van der Waals surface area contributed by atoms with Gasteiger partial charge in [0, 0.05) is 23.4 Å². The smallest absolute Gasteiger partial charge is 0.146 e. The second kappa shape index (κ2) is 7.62. The van der Waals surface area contributed by atoms with Gasteiger partial charge in [0.2, 0.25) is 0 Å². The summed E-state index contributed by atoms with van der Waals surface area (Å²) in [6.45, 7) is 4.17. The number of likely N-dealkylation sites (tertiary alicyclic amines) is 1. The molecule has 148 valence electrons. The summed E-state index contributed by atoms with van der Waals surface area (Å²) < 4.78 is 0. The van der Waals surface area contributed by atoms with Crippen molar-refractivity contribution < 1.29 is 10.2 Å². The van der Waals surface area contributed by atoms with E-state index in [0.29, 0.717) is 25.3 Å². The van der Waals surface area contributed by atoms with E-state index in [4.69, 9.17) is 10.7 Å². The SMILES string of the molecule is CCC[C@]1(CO)CN(Cc2nc(N)c3c4c(sc3n2)CCCC4)CC[C@H]1O. The van der Waals surface area contributed by atoms with Gasteiger partial charge in [0.1, 0.15) is 16.5 Å². The van der Waals surface area contributed by atoms with E-state index in [-0.39, 0.29) is 6.61 Å². The molecule has 6 nitrogen and oxygen atoms in total. The maximum Gasteiger partial charge on any atom is 0.146 e. The molecule has 4 rings (SSSR count). The molecule has 1 aliphatic carbocycles. The van der Waals surface area contributed by atoms with Crippen LogP contribution in [0.5, 0.6) is 0 Å². The predicted octanol–water partition coefficient (Wildman–Crippen LogP) is 2.50. The van der Waals surface area contributed by atoms with Crippen LogP contribution in [0.1, 0.15) is 55.3 Å². The maximum atomic E-state index is 10.5. The lowest BCUT2D eigenvalue weighted by Gasteiger charge is -2.45. The average molecular weight is 391 g/mol. The van der Waals surface area contributed by atoms with E-state index >= 15 is 0 Å². The summed E-state index contributed by atoms with van der Waals surface area (Å²) in [6, 6.07) is 0. The standard InChI is InChI=1S/C20H30N4O2S/c1-2-8-20(12-25)11-24(9-7-15(20)26)10-16-22-18(21)17-13-5-3-4-6-14(13)27-19(17)23-16/h15,25-26H,2-12H2,1H3,(H2,21,22,23)/t15-,20-/m1/s1. The number of nitrogens with two attached hydrogens (primary N) is 1. The fourth-order valence-electron chi connectivity index (χ4n) is 4.86. The Morgan fingerprint density at radius 2 is 2.11 bits per heavy atom. The van der Waals surface area contributed by atoms with Crippen LogP contribution in [0, 0.1) is 5.41 Å². The molecule has 1 saturated heterocycles. The van der Waals surface area contributed by atoms with Crippen LogP contribution in [0.2, 0.25) is 0 Å². The van der Waals surface area contributed by atoms with Crippen molar-refractivity contribution in [1.29, 1.82) is 0 Å². The Kier molecular flexibility index (Phi) is 5.38. The summed E-state index contributed by atoms with van der Waals surface area (Å²) in [7, 11) is 0. The molecule has 0 aromatic carbocycles. The molecule has 3 heterocycles. The fraction of sp³-hybridized carbons (Fsp3) is 0.700. The number of aliphatic hydroxyl groups excluding tert-OH is 2. The van der Waals surface area contributed by atoms with E-state index in [1.54, 1.807) is 11.3 Å². The van der Waals surface area contributed by atoms with Crippen molar-refractivity contribution in [2.75, 3.05) is 25.4 Å². The van der Waals surface area contributed by atoms with E-state index in [9.17, 15) is 10.2 Å². The van der Waals surface area contributed by atoms with Crippen molar-refractivity contribution in [3.63, 3.8) is 0 Å². The van der Waals surface area contributed by atoms with Gasteiger partial charge in [0.05, 0.1) is 24.6 Å². The number of nitrogens with zero attached hydrogens (tertiary/aromatic N) is 3. The van der Waals surface area contributed by atoms with Crippen molar-refractivity contribution in [3.05, 3.63) is 16.3 Å². The molecule has 0 spiro atoms. The first-order chi connectivity index (χ1) is 13.1. The highest BCUT2D eigenvalue weighted by Gasteiger charge is 2.41. The van der Waals surface area contributed by atoms with Crippen LogP contribution < -0.4 is 5.73 Å². The third-order valence-corrected chi connectivity index (χ3v) is 7.47. The summed E-state index contributed by atoms with van der Waals surface area (Å²) in [6.07, 6.45) is 6.67. The molecule has 4 N–H and O–H groups in total. The highest BCUT2D eigenvalue weighted by atomic mass is 32.1. The molecule has 0 bridgehead atoms. The van der Waals surface area contributed by atoms with Gasteiger partial charge in [-0.15, -0.1) is 11.3 Å². The Hall–Kier alpha value is -1.28. The molecule has 1 aliphatic heterocycles. The number of hydrogen-bond acceptors (Lipinski definition) is 7. The Labute approximate surface area is 164 Å². The summed E-state index contributed by atoms with van der Waals surface area (Å²) in [5.74, 6) is 1.35. The highest BCUT2D eigenvalue weighted by molar-refractivity contribution is 7.19. The summed E-state index contributed by atoms with van der Waals surface area (Å²) in [5.41, 5.74) is 7.27. The zero-order chi connectivity index (χ0) is 19.0. The lowest BCUT2D eigenvalue weighted by Crippen LogP contribution is -2.53. The van der Waals surface area contributed by atoms with Crippen molar-refractivity contribution in [1.82, 2.24) is 14.9 Å². The van der Waals surface area contributed by atoms with Crippen LogP contribution >= 0.6 is 11.3 Å². The number of aliphatic hydroxyl groups is 2. The molecule has 2 atom stereocenters. The zero-order valence-corrected chi connectivity index (χ0v) is 16.9. The summed E-state index contributed by atoms with van der Waals surface area (Å²) in [4.78, 5) is 14.2. The lowest BCUT2D eigenvalue weighted by atomic mass is 9.74. The van der Waals surface area contributed by atoms with E-state index < -0.39 is 11.5 Å². The lowest BCUT2D eigenvalue weighted by molar-refractivity contribution is -0.0824. The molecule has 2 aliphatic rings. The molecular formula is C20H30N4O2S. The quantitative estimate of drug-likeness (QED) is 0.726. The van der Waals surface area contributed by atoms with Crippen molar-refractivity contribution in [3.8, 4) is 0 Å². The minimum absolute atomic E-state index is 0.0121. The predicted molar refractivity (Wildman–Crippen MR) is 109 cm³/mol. The van der Waals surface area contributed by atoms with Crippen LogP contribution in [0.3, 0.4) is 0 Å². The van der Waals surface area contributed by atoms with Crippen LogP contribution in [0.15, 0.2) is 0 Å². The maximum absolute atomic E-state index is 10.5. The second-order valence-corrected chi connectivity index (χ2v) is 9.29. The number of nitrogen functional groups attached to an aromatic ring is 1. The van der Waals surface area contributed by atoms with Gasteiger partial charge in [-0.05, 0) is 44.1 Å². The number of aryl methyl sites for hydroxylation is 2. The number of thiophene rings is 1. The van der Waals surface area contributed by atoms with E-state index in [0.717, 1.165) is 48.3 Å². The number of aromatic nitrogens is 2. The third-order valence-electron chi connectivity index (χ3n) is 6.28. The molecule has 2 aromatic heterocycles. The summed E-state index contributed by atoms with van der Waals surface area (Å²) in [5, 5.41) is 21.5. The van der Waals surface area contributed by atoms with Crippen molar-refractivity contribution in [2.45, 2.75) is 64.5 Å². The number of rotatable bonds is 5. The minimum Gasteiger partial charge on any atom is -0.396 e. The minimum atomic E-state index is -0.448. The molecule has 1 fully saturated rings. The number of piperidine rings is 1. The van der Waals surface area contributed by atoms with Gasteiger partial charge in [-0.25, -0.2) is 9.97 Å². The van der Waals surface area contributed by atoms with Gasteiger partial charge < -0.3 is 15.9 Å². The number of fused-ring (bicyclic) bond motifs is 3. The molecule has 0 saturated carbocycles. The Morgan fingerprint density at radius 1 is 1.30 bits per heavy atom. The number of anilines is 1. The van der Waals surface area contributed by atoms with Crippen LogP contribution in [-0.2, 0) is 19.4 Å². The van der Waals surface area contributed by atoms with Gasteiger partial charge in [-0.3, -0.25) is 4.90 Å². The molecule has 0 radical (unpaired) electrons. The molecular weight excluding hydrogens is 360 g/mol. The largest absolute Gasteiger partial charge is 0.396 e. The second-order valence-electron chi connectivity index (χ2n) is 8.20. The Bertz CT molecular complexity index is 824. The van der Waals surface area contributed by atoms with E-state index in [1.165, 1.54) is 23.3 Å². The monoisotopic (exact) mass is 390 g/mol. The fourth-order valence-corrected chi connectivity index (χ4v) is 6.14. The first kappa shape index (κ1) is 19.1. The third kappa shape index (κ3) is 3.46. The van der Waals surface area contributed by atoms with Gasteiger partial charge >= 0.3 is 0 Å². The molecule has 27 heavy (non-hydrogen) atoms. The first-order valence-electron chi connectivity index (χ1n) is 10.1. The average Bonchev–Trinajstić information content (AvgIpc) is 3.03. The van der Waals surface area contributed by atoms with Crippen LogP contribution in [-0.4, -0.2) is 50.9 Å². The van der Waals surface area contributed by atoms with Gasteiger partial charge in [0.25, 0.3) is 0 Å². The van der Waals surface area contributed by atoms with E-state index in [2.05, 4.69) is 16.8 Å². The van der Waals surface area contributed by atoms with Gasteiger partial charge in [0.15, 0.2) is 0 Å².